The number of halogens is 7. The SMILES string of the molecule is C[C@@H](OC1CCC(CNC2(C(=O)O)CCCC2)C1c1ccc(F)cc1)c1cc(C(F)(F)F)cc(C(F)(F)F)c1. The molecule has 3 unspecified atom stereocenters. The van der Waals surface area contributed by atoms with Crippen molar-refractivity contribution in [1.82, 2.24) is 5.32 Å². The van der Waals surface area contributed by atoms with Crippen molar-refractivity contribution >= 4 is 5.97 Å². The van der Waals surface area contributed by atoms with Crippen LogP contribution in [-0.4, -0.2) is 29.3 Å². The number of benzene rings is 2. The average Bonchev–Trinajstić information content (AvgIpc) is 3.50. The second-order valence-electron chi connectivity index (χ2n) is 10.5. The van der Waals surface area contributed by atoms with Gasteiger partial charge in [-0.1, -0.05) is 25.0 Å². The highest BCUT2D eigenvalue weighted by Crippen LogP contribution is 2.45. The minimum absolute atomic E-state index is 0.0795. The predicted molar refractivity (Wildman–Crippen MR) is 128 cm³/mol. The zero-order chi connectivity index (χ0) is 28.6. The molecule has 4 rings (SSSR count). The monoisotopic (exact) mass is 561 g/mol. The Bertz CT molecular complexity index is 1120. The van der Waals surface area contributed by atoms with E-state index in [1.54, 1.807) is 12.1 Å². The molecule has 0 bridgehead atoms. The maximum absolute atomic E-state index is 13.7. The molecule has 0 heterocycles. The number of carboxylic acids is 1. The van der Waals surface area contributed by atoms with Crippen LogP contribution in [0, 0.1) is 11.7 Å². The van der Waals surface area contributed by atoms with Crippen LogP contribution in [0.25, 0.3) is 0 Å². The lowest BCUT2D eigenvalue weighted by molar-refractivity contribution is -0.145. The lowest BCUT2D eigenvalue weighted by Crippen LogP contribution is -2.51. The summed E-state index contributed by atoms with van der Waals surface area (Å²) in [5, 5.41) is 13.0. The summed E-state index contributed by atoms with van der Waals surface area (Å²) in [4.78, 5) is 12.0. The smallest absolute Gasteiger partial charge is 0.416 e. The average molecular weight is 562 g/mol. The number of carbonyl (C=O) groups is 1. The second-order valence-corrected chi connectivity index (χ2v) is 10.5. The highest BCUT2D eigenvalue weighted by molar-refractivity contribution is 5.79. The van der Waals surface area contributed by atoms with Crippen LogP contribution in [0.5, 0.6) is 0 Å². The Hall–Kier alpha value is -2.66. The van der Waals surface area contributed by atoms with Crippen LogP contribution in [0.15, 0.2) is 42.5 Å². The lowest BCUT2D eigenvalue weighted by Gasteiger charge is -2.32. The summed E-state index contributed by atoms with van der Waals surface area (Å²) in [5.41, 5.74) is -3.42. The van der Waals surface area contributed by atoms with Gasteiger partial charge in [0, 0.05) is 5.92 Å². The molecule has 0 spiro atoms. The number of carboxylic acid groups (broad SMARTS) is 1. The molecule has 2 aliphatic rings. The van der Waals surface area contributed by atoms with Gasteiger partial charge in [0.15, 0.2) is 0 Å². The maximum Gasteiger partial charge on any atom is 0.416 e. The van der Waals surface area contributed by atoms with Crippen LogP contribution in [0.4, 0.5) is 30.7 Å². The van der Waals surface area contributed by atoms with E-state index in [-0.39, 0.29) is 23.5 Å². The number of nitrogens with one attached hydrogen (secondary N) is 1. The standard InChI is InChI=1S/C28H30F7NO3/c1-16(19-12-20(27(30,31)32)14-21(13-19)28(33,34)35)39-23-9-6-18(24(23)17-4-7-22(29)8-5-17)15-36-26(25(37)38)10-2-3-11-26/h4-5,7-8,12-14,16,18,23-24,36H,2-3,6,9-11,15H2,1H3,(H,37,38)/t16-,18?,23?,24?/m1/s1. The molecule has 0 amide bonds. The van der Waals surface area contributed by atoms with Gasteiger partial charge in [0.05, 0.1) is 23.3 Å². The molecular formula is C28H30F7NO3. The maximum atomic E-state index is 13.7. The third-order valence-corrected chi connectivity index (χ3v) is 8.01. The Morgan fingerprint density at radius 3 is 2.08 bits per heavy atom. The van der Waals surface area contributed by atoms with E-state index in [9.17, 15) is 40.6 Å². The minimum atomic E-state index is -4.98. The zero-order valence-corrected chi connectivity index (χ0v) is 21.2. The fourth-order valence-electron chi connectivity index (χ4n) is 5.92. The number of aliphatic carboxylic acids is 1. The van der Waals surface area contributed by atoms with Crippen molar-refractivity contribution in [2.75, 3.05) is 6.54 Å². The van der Waals surface area contributed by atoms with Crippen molar-refractivity contribution in [3.8, 4) is 0 Å². The molecule has 2 saturated carbocycles. The van der Waals surface area contributed by atoms with Crippen molar-refractivity contribution in [2.45, 2.75) is 81.5 Å². The Morgan fingerprint density at radius 1 is 1.00 bits per heavy atom. The van der Waals surface area contributed by atoms with Gasteiger partial charge in [-0.15, -0.1) is 0 Å². The molecule has 2 aromatic rings. The number of hydrogen-bond donors (Lipinski definition) is 2. The second kappa shape index (κ2) is 11.1. The first-order valence-corrected chi connectivity index (χ1v) is 12.9. The largest absolute Gasteiger partial charge is 0.480 e. The van der Waals surface area contributed by atoms with E-state index >= 15 is 0 Å². The molecular weight excluding hydrogens is 531 g/mol. The number of ether oxygens (including phenoxy) is 1. The summed E-state index contributed by atoms with van der Waals surface area (Å²) in [5.74, 6) is -1.91. The van der Waals surface area contributed by atoms with Gasteiger partial charge in [-0.3, -0.25) is 4.79 Å². The molecule has 0 saturated heterocycles. The van der Waals surface area contributed by atoms with E-state index in [2.05, 4.69) is 5.32 Å². The molecule has 0 aromatic heterocycles. The van der Waals surface area contributed by atoms with Gasteiger partial charge >= 0.3 is 18.3 Å². The normalized spacial score (nSPS) is 24.2. The van der Waals surface area contributed by atoms with Crippen molar-refractivity contribution in [3.05, 3.63) is 70.5 Å². The lowest BCUT2D eigenvalue weighted by atomic mass is 9.86. The van der Waals surface area contributed by atoms with Crippen LogP contribution in [0.3, 0.4) is 0 Å². The first-order chi connectivity index (χ1) is 18.2. The molecule has 0 radical (unpaired) electrons. The Balaban J connectivity index is 1.60. The summed E-state index contributed by atoms with van der Waals surface area (Å²) < 4.78 is 100. The van der Waals surface area contributed by atoms with E-state index in [1.165, 1.54) is 19.1 Å². The van der Waals surface area contributed by atoms with Gasteiger partial charge < -0.3 is 15.2 Å². The molecule has 4 nitrogen and oxygen atoms in total. The fourth-order valence-corrected chi connectivity index (χ4v) is 5.92. The summed E-state index contributed by atoms with van der Waals surface area (Å²) in [6.07, 6.45) is -8.07. The van der Waals surface area contributed by atoms with Crippen LogP contribution in [0.1, 0.15) is 79.7 Å². The molecule has 0 aliphatic heterocycles. The summed E-state index contributed by atoms with van der Waals surface area (Å²) in [7, 11) is 0. The Morgan fingerprint density at radius 2 is 1.56 bits per heavy atom. The molecule has 2 aromatic carbocycles. The summed E-state index contributed by atoms with van der Waals surface area (Å²) in [6.45, 7) is 1.73. The molecule has 2 aliphatic carbocycles. The third-order valence-electron chi connectivity index (χ3n) is 8.01. The van der Waals surface area contributed by atoms with Crippen LogP contribution in [-0.2, 0) is 21.9 Å². The van der Waals surface area contributed by atoms with E-state index in [4.69, 9.17) is 4.74 Å². The topological polar surface area (TPSA) is 58.6 Å². The number of rotatable bonds is 8. The molecule has 2 fully saturated rings. The fraction of sp³-hybridized carbons (Fsp3) is 0.536. The molecule has 2 N–H and O–H groups in total. The van der Waals surface area contributed by atoms with Gasteiger partial charge in [0.2, 0.25) is 0 Å². The van der Waals surface area contributed by atoms with E-state index in [1.807, 2.05) is 0 Å². The van der Waals surface area contributed by atoms with Crippen molar-refractivity contribution in [1.29, 1.82) is 0 Å². The molecule has 39 heavy (non-hydrogen) atoms. The van der Waals surface area contributed by atoms with Crippen LogP contribution in [0.2, 0.25) is 0 Å². The first-order valence-electron chi connectivity index (χ1n) is 12.9. The van der Waals surface area contributed by atoms with Crippen molar-refractivity contribution in [2.24, 2.45) is 5.92 Å². The minimum Gasteiger partial charge on any atom is -0.480 e. The van der Waals surface area contributed by atoms with Gasteiger partial charge in [0.1, 0.15) is 11.4 Å². The number of hydrogen-bond acceptors (Lipinski definition) is 3. The molecule has 4 atom stereocenters. The summed E-state index contributed by atoms with van der Waals surface area (Å²) in [6, 6.07) is 7.11. The van der Waals surface area contributed by atoms with Gasteiger partial charge in [0.25, 0.3) is 0 Å². The molecule has 214 valence electrons. The first kappa shape index (κ1) is 29.3. The van der Waals surface area contributed by atoms with Gasteiger partial charge in [-0.25, -0.2) is 4.39 Å². The third kappa shape index (κ3) is 6.57. The van der Waals surface area contributed by atoms with Crippen molar-refractivity contribution in [3.63, 3.8) is 0 Å². The van der Waals surface area contributed by atoms with E-state index < -0.39 is 53.0 Å². The van der Waals surface area contributed by atoms with Crippen LogP contribution < -0.4 is 5.32 Å². The van der Waals surface area contributed by atoms with E-state index in [0.717, 1.165) is 12.8 Å². The summed E-state index contributed by atoms with van der Waals surface area (Å²) >= 11 is 0. The van der Waals surface area contributed by atoms with Crippen LogP contribution >= 0.6 is 0 Å². The predicted octanol–water partition coefficient (Wildman–Crippen LogP) is 7.49. The van der Waals surface area contributed by atoms with Gasteiger partial charge in [-0.2, -0.15) is 26.3 Å². The number of alkyl halides is 6. The van der Waals surface area contributed by atoms with Gasteiger partial charge in [-0.05, 0) is 86.5 Å². The van der Waals surface area contributed by atoms with E-state index in [0.29, 0.717) is 49.9 Å². The highest BCUT2D eigenvalue weighted by atomic mass is 19.4. The molecule has 11 heteroatoms. The van der Waals surface area contributed by atoms with Crippen molar-refractivity contribution < 1.29 is 45.4 Å². The quantitative estimate of drug-likeness (QED) is 0.328. The Kier molecular flexibility index (Phi) is 8.33. The zero-order valence-electron chi connectivity index (χ0n) is 21.2. The Labute approximate surface area is 221 Å². The highest BCUT2D eigenvalue weighted by Gasteiger charge is 2.44.